The molecule has 0 amide bonds. The zero-order valence-corrected chi connectivity index (χ0v) is 52.9. The maximum atomic E-state index is 16.1. The summed E-state index contributed by atoms with van der Waals surface area (Å²) < 4.78 is 613. The molecule has 0 heterocycles. The lowest BCUT2D eigenvalue weighted by molar-refractivity contribution is -0.149. The van der Waals surface area contributed by atoms with Crippen LogP contribution in [0.5, 0.6) is 0 Å². The van der Waals surface area contributed by atoms with Gasteiger partial charge in [0.05, 0.1) is 72.3 Å². The van der Waals surface area contributed by atoms with Gasteiger partial charge in [-0.25, -0.2) is 0 Å². The summed E-state index contributed by atoms with van der Waals surface area (Å²) in [6.07, 6.45) is -86.3. The Hall–Kier alpha value is -9.36. The van der Waals surface area contributed by atoms with E-state index in [1.165, 1.54) is 0 Å². The summed E-state index contributed by atoms with van der Waals surface area (Å²) in [6, 6.07) is -8.52. The highest BCUT2D eigenvalue weighted by molar-refractivity contribution is 6.99. The van der Waals surface area contributed by atoms with Crippen molar-refractivity contribution in [2.45, 2.75) is 101 Å². The number of rotatable bonds is 8. The van der Waals surface area contributed by atoms with E-state index in [0.717, 1.165) is 0 Å². The molecule has 10 rings (SSSR count). The standard InChI is InChI=1S/C68H29B2F39/c1-24-14-39(62(89,90)91)53(40(15-24)63(92,93)94)69(52-26(3)16-27(56(71,72)73)17-41(52)64(95,96)97)46-23-35(51-37(60(83,84)85)8-5-9-38(51)61(86,87)88)31-11-10-30-34(48-25(2)6-4-7-36(48)59(80,81)82)22-47(33-13-12-32(46)50(31)49(30)33)70(54-42(65(98,99)100)18-28(57(74,75)76)19-43(54)66(101,102)103)55-44(67(104,105)106)20-29(58(77,78)79)21-45(55)68(107,108)109/h4-23H,1-3H3. The van der Waals surface area contributed by atoms with Crippen molar-refractivity contribution in [3.05, 3.63) is 210 Å². The molecule has 0 atom stereocenters. The maximum absolute atomic E-state index is 16.1. The molecule has 0 aromatic heterocycles. The molecule has 580 valence electrons. The van der Waals surface area contributed by atoms with Crippen LogP contribution in [0.3, 0.4) is 0 Å². The molecule has 0 aliphatic carbocycles. The zero-order valence-electron chi connectivity index (χ0n) is 52.9. The maximum Gasteiger partial charge on any atom is 0.417 e. The molecule has 0 fully saturated rings. The van der Waals surface area contributed by atoms with Crippen molar-refractivity contribution in [3.8, 4) is 22.3 Å². The summed E-state index contributed by atoms with van der Waals surface area (Å²) in [5, 5.41) is -10.7. The fourth-order valence-corrected chi connectivity index (χ4v) is 13.8. The van der Waals surface area contributed by atoms with Crippen LogP contribution in [0.15, 0.2) is 121 Å². The van der Waals surface area contributed by atoms with E-state index >= 15 is 132 Å². The zero-order chi connectivity index (χ0) is 82.3. The van der Waals surface area contributed by atoms with Crippen LogP contribution in [0, 0.1) is 20.8 Å². The molecular weight excluding hydrogens is 1580 g/mol. The molecule has 0 radical (unpaired) electrons. The summed E-state index contributed by atoms with van der Waals surface area (Å²) in [6.45, 7) is -8.00. The van der Waals surface area contributed by atoms with E-state index < -0.39 is 306 Å². The first-order valence-corrected chi connectivity index (χ1v) is 29.7. The van der Waals surface area contributed by atoms with Crippen LogP contribution in [-0.2, 0) is 80.3 Å². The third-order valence-electron chi connectivity index (χ3n) is 17.7. The van der Waals surface area contributed by atoms with Gasteiger partial charge in [0.1, 0.15) is 0 Å². The largest absolute Gasteiger partial charge is 0.417 e. The molecule has 0 aliphatic rings. The minimum absolute atomic E-state index is 0.0353. The summed E-state index contributed by atoms with van der Waals surface area (Å²) in [4.78, 5) is 0. The van der Waals surface area contributed by atoms with Crippen molar-refractivity contribution < 1.29 is 171 Å². The highest BCUT2D eigenvalue weighted by Gasteiger charge is 2.56. The highest BCUT2D eigenvalue weighted by atomic mass is 19.5. The van der Waals surface area contributed by atoms with Crippen LogP contribution in [-0.4, -0.2) is 13.4 Å². The van der Waals surface area contributed by atoms with Gasteiger partial charge in [-0.2, -0.15) is 171 Å². The molecule has 0 unspecified atom stereocenters. The smallest absolute Gasteiger partial charge is 0.166 e. The third-order valence-corrected chi connectivity index (χ3v) is 17.7. The van der Waals surface area contributed by atoms with E-state index in [2.05, 4.69) is 0 Å². The predicted molar refractivity (Wildman–Crippen MR) is 315 cm³/mol. The lowest BCUT2D eigenvalue weighted by atomic mass is 9.32. The van der Waals surface area contributed by atoms with Crippen LogP contribution in [0.1, 0.15) is 89.0 Å². The van der Waals surface area contributed by atoms with E-state index in [4.69, 9.17) is 0 Å². The van der Waals surface area contributed by atoms with Gasteiger partial charge in [0.15, 0.2) is 0 Å². The average molecular weight is 1610 g/mol. The Kier molecular flexibility index (Phi) is 19.5. The Labute approximate surface area is 582 Å². The first-order chi connectivity index (χ1) is 49.1. The molecule has 10 aromatic carbocycles. The molecule has 41 heteroatoms. The van der Waals surface area contributed by atoms with Crippen molar-refractivity contribution >= 4 is 78.5 Å². The van der Waals surface area contributed by atoms with Crippen LogP contribution >= 0.6 is 0 Å². The van der Waals surface area contributed by atoms with Gasteiger partial charge in [-0.05, 0) is 164 Å². The number of hydrogen-bond acceptors (Lipinski definition) is 0. The van der Waals surface area contributed by atoms with Crippen molar-refractivity contribution in [2.24, 2.45) is 0 Å². The van der Waals surface area contributed by atoms with E-state index in [9.17, 15) is 39.5 Å². The summed E-state index contributed by atoms with van der Waals surface area (Å²) in [5.74, 6) is 0. The number of alkyl halides is 39. The molecule has 10 aromatic rings. The third kappa shape index (κ3) is 15.1. The second-order valence-corrected chi connectivity index (χ2v) is 24.7. The van der Waals surface area contributed by atoms with Crippen molar-refractivity contribution in [3.63, 3.8) is 0 Å². The molecule has 0 spiro atoms. The molecule has 109 heavy (non-hydrogen) atoms. The summed E-state index contributed by atoms with van der Waals surface area (Å²) >= 11 is 0. The minimum atomic E-state index is -7.14. The Morgan fingerprint density at radius 2 is 0.450 bits per heavy atom. The van der Waals surface area contributed by atoms with Gasteiger partial charge >= 0.3 is 80.3 Å². The van der Waals surface area contributed by atoms with Crippen LogP contribution in [0.25, 0.3) is 54.6 Å². The van der Waals surface area contributed by atoms with Gasteiger partial charge in [-0.3, -0.25) is 0 Å². The van der Waals surface area contributed by atoms with Crippen molar-refractivity contribution in [1.82, 2.24) is 0 Å². The molecule has 0 nitrogen and oxygen atoms in total. The lowest BCUT2D eigenvalue weighted by Gasteiger charge is -2.32. The second kappa shape index (κ2) is 25.9. The van der Waals surface area contributed by atoms with Gasteiger partial charge in [-0.1, -0.05) is 76.5 Å². The number of aryl methyl sites for hydroxylation is 3. The Bertz CT molecular complexity index is 5030. The Morgan fingerprint density at radius 3 is 0.743 bits per heavy atom. The second-order valence-electron chi connectivity index (χ2n) is 24.7. The van der Waals surface area contributed by atoms with Crippen LogP contribution in [0.4, 0.5) is 171 Å². The monoisotopic (exact) mass is 1610 g/mol. The topological polar surface area (TPSA) is 0 Å². The van der Waals surface area contributed by atoms with Crippen LogP contribution in [0.2, 0.25) is 0 Å². The minimum Gasteiger partial charge on any atom is -0.166 e. The Morgan fingerprint density at radius 1 is 0.211 bits per heavy atom. The van der Waals surface area contributed by atoms with Gasteiger partial charge in [0, 0.05) is 5.56 Å². The average Bonchev–Trinajstić information content (AvgIpc) is 0.689. The highest BCUT2D eigenvalue weighted by Crippen LogP contribution is 2.53. The number of halogens is 39. The molecule has 0 N–H and O–H groups in total. The lowest BCUT2D eigenvalue weighted by Crippen LogP contribution is -2.60. The number of hydrogen-bond donors (Lipinski definition) is 0. The Balaban J connectivity index is 1.70. The van der Waals surface area contributed by atoms with Gasteiger partial charge in [-0.15, -0.1) is 0 Å². The number of benzene rings is 10. The molecule has 0 saturated heterocycles. The quantitative estimate of drug-likeness (QED) is 0.0808. The molecule has 0 bridgehead atoms. The SMILES string of the molecule is Cc1cc(C(F)(F)F)c(B(c2c(C)cc(C(F)(F)F)cc2C(F)(F)F)c2cc(-c3c(C(F)(F)F)cccc3C(F)(F)F)c3ccc4c(-c5c(C)cccc5C(F)(F)F)cc(B(c5c(C(F)(F)F)cc(C(F)(F)F)cc5C(F)(F)F)c5c(C(F)(F)F)cc(C(F)(F)F)cc5C(F)(F)F)c5ccc2c3c54)c(C(F)(F)F)c1. The molecule has 0 aliphatic heterocycles. The van der Waals surface area contributed by atoms with Crippen molar-refractivity contribution in [1.29, 1.82) is 0 Å². The van der Waals surface area contributed by atoms with E-state index in [0.29, 0.717) is 26.0 Å². The molecule has 0 saturated carbocycles. The predicted octanol–water partition coefficient (Wildman–Crippen LogP) is 23.1. The van der Waals surface area contributed by atoms with E-state index in [1.54, 1.807) is 0 Å². The van der Waals surface area contributed by atoms with E-state index in [-0.39, 0.29) is 79.7 Å². The summed E-state index contributed by atoms with van der Waals surface area (Å²) in [7, 11) is 0. The first-order valence-electron chi connectivity index (χ1n) is 29.7. The van der Waals surface area contributed by atoms with Gasteiger partial charge < -0.3 is 0 Å². The van der Waals surface area contributed by atoms with E-state index in [1.807, 2.05) is 0 Å². The molecular formula is C68H29B2F39. The summed E-state index contributed by atoms with van der Waals surface area (Å²) in [5.41, 5.74) is -69.0. The van der Waals surface area contributed by atoms with Crippen molar-refractivity contribution in [2.75, 3.05) is 0 Å². The van der Waals surface area contributed by atoms with Gasteiger partial charge in [0.25, 0.3) is 0 Å². The normalized spacial score (nSPS) is 14.0. The van der Waals surface area contributed by atoms with Crippen LogP contribution < -0.4 is 32.8 Å². The first kappa shape index (κ1) is 82.1. The van der Waals surface area contributed by atoms with Gasteiger partial charge in [0.2, 0.25) is 13.4 Å². The fraction of sp³-hybridized carbons (Fsp3) is 0.235. The fourth-order valence-electron chi connectivity index (χ4n) is 13.8.